The number of halogens is 1. The number of rotatable bonds is 5. The summed E-state index contributed by atoms with van der Waals surface area (Å²) in [5.41, 5.74) is 3.16. The SMILES string of the molecule is CCOc1cccc(C23CCCC2CN(Cc2cccc(Cl)c2)CC3)c1. The molecule has 4 rings (SSSR count). The van der Waals surface area contributed by atoms with E-state index in [1.54, 1.807) is 0 Å². The Morgan fingerprint density at radius 1 is 1.15 bits per heavy atom. The van der Waals surface area contributed by atoms with Gasteiger partial charge in [-0.05, 0) is 74.0 Å². The lowest BCUT2D eigenvalue weighted by molar-refractivity contribution is 0.105. The van der Waals surface area contributed by atoms with Crippen molar-refractivity contribution >= 4 is 11.6 Å². The van der Waals surface area contributed by atoms with Crippen LogP contribution in [0.5, 0.6) is 5.75 Å². The van der Waals surface area contributed by atoms with Crippen LogP contribution in [-0.2, 0) is 12.0 Å². The van der Waals surface area contributed by atoms with Crippen molar-refractivity contribution in [2.75, 3.05) is 19.7 Å². The fourth-order valence-corrected chi connectivity index (χ4v) is 5.34. The van der Waals surface area contributed by atoms with E-state index in [9.17, 15) is 0 Å². The zero-order valence-corrected chi connectivity index (χ0v) is 16.3. The van der Waals surface area contributed by atoms with Gasteiger partial charge in [-0.2, -0.15) is 0 Å². The third-order valence-electron chi connectivity index (χ3n) is 6.32. The number of hydrogen-bond acceptors (Lipinski definition) is 2. The summed E-state index contributed by atoms with van der Waals surface area (Å²) in [6.45, 7) is 6.13. The van der Waals surface area contributed by atoms with Gasteiger partial charge in [-0.15, -0.1) is 0 Å². The molecule has 2 aromatic rings. The fraction of sp³-hybridized carbons (Fsp3) is 0.478. The molecule has 1 aliphatic heterocycles. The maximum Gasteiger partial charge on any atom is 0.119 e. The maximum atomic E-state index is 6.16. The first-order valence-corrected chi connectivity index (χ1v) is 10.3. The van der Waals surface area contributed by atoms with Crippen LogP contribution < -0.4 is 4.74 Å². The van der Waals surface area contributed by atoms with E-state index in [1.807, 2.05) is 6.07 Å². The van der Waals surface area contributed by atoms with Crippen LogP contribution in [0.1, 0.15) is 43.7 Å². The van der Waals surface area contributed by atoms with Crippen molar-refractivity contribution in [3.8, 4) is 5.75 Å². The van der Waals surface area contributed by atoms with Gasteiger partial charge >= 0.3 is 0 Å². The van der Waals surface area contributed by atoms with Crippen molar-refractivity contribution in [3.63, 3.8) is 0 Å². The van der Waals surface area contributed by atoms with Gasteiger partial charge < -0.3 is 4.74 Å². The van der Waals surface area contributed by atoms with E-state index in [4.69, 9.17) is 16.3 Å². The van der Waals surface area contributed by atoms with Crippen molar-refractivity contribution in [2.24, 2.45) is 5.92 Å². The molecule has 138 valence electrons. The Hall–Kier alpha value is -1.51. The fourth-order valence-electron chi connectivity index (χ4n) is 5.12. The highest BCUT2D eigenvalue weighted by molar-refractivity contribution is 6.30. The molecule has 2 nitrogen and oxygen atoms in total. The van der Waals surface area contributed by atoms with Gasteiger partial charge in [0, 0.05) is 23.5 Å². The molecule has 0 bridgehead atoms. The second-order valence-corrected chi connectivity index (χ2v) is 8.26. The van der Waals surface area contributed by atoms with E-state index in [-0.39, 0.29) is 0 Å². The Morgan fingerprint density at radius 2 is 2.04 bits per heavy atom. The van der Waals surface area contributed by atoms with Gasteiger partial charge in [-0.1, -0.05) is 42.3 Å². The summed E-state index contributed by atoms with van der Waals surface area (Å²) >= 11 is 6.16. The average molecular weight is 370 g/mol. The Balaban J connectivity index is 1.52. The normalized spacial score (nSPS) is 25.8. The monoisotopic (exact) mass is 369 g/mol. The zero-order chi connectivity index (χ0) is 18.0. The van der Waals surface area contributed by atoms with Gasteiger partial charge in [0.1, 0.15) is 5.75 Å². The van der Waals surface area contributed by atoms with Crippen LogP contribution in [0.2, 0.25) is 5.02 Å². The molecule has 0 aromatic heterocycles. The highest BCUT2D eigenvalue weighted by Gasteiger charge is 2.47. The van der Waals surface area contributed by atoms with Crippen molar-refractivity contribution in [1.29, 1.82) is 0 Å². The first-order valence-electron chi connectivity index (χ1n) is 9.90. The van der Waals surface area contributed by atoms with Crippen molar-refractivity contribution < 1.29 is 4.74 Å². The predicted octanol–water partition coefficient (Wildman–Crippen LogP) is 5.68. The Bertz CT molecular complexity index is 761. The third-order valence-corrected chi connectivity index (χ3v) is 6.56. The number of benzene rings is 2. The second-order valence-electron chi connectivity index (χ2n) is 7.82. The highest BCUT2D eigenvalue weighted by Crippen LogP contribution is 2.51. The molecule has 26 heavy (non-hydrogen) atoms. The standard InChI is InChI=1S/C23H28ClNO/c1-2-26-22-10-4-7-19(15-22)23-11-5-8-20(23)17-25(13-12-23)16-18-6-3-9-21(24)14-18/h3-4,6-7,9-10,14-15,20H,2,5,8,11-13,16-17H2,1H3. The zero-order valence-electron chi connectivity index (χ0n) is 15.6. The van der Waals surface area contributed by atoms with E-state index in [0.717, 1.165) is 36.4 Å². The van der Waals surface area contributed by atoms with E-state index in [0.29, 0.717) is 5.41 Å². The molecular formula is C23H28ClNO. The largest absolute Gasteiger partial charge is 0.494 e. The summed E-state index contributed by atoms with van der Waals surface area (Å²) in [5, 5.41) is 0.836. The molecular weight excluding hydrogens is 342 g/mol. The van der Waals surface area contributed by atoms with Crippen LogP contribution in [0.3, 0.4) is 0 Å². The molecule has 0 radical (unpaired) electrons. The molecule has 0 N–H and O–H groups in total. The van der Waals surface area contributed by atoms with E-state index >= 15 is 0 Å². The molecule has 3 heteroatoms. The summed E-state index contributed by atoms with van der Waals surface area (Å²) in [6.07, 6.45) is 5.24. The average Bonchev–Trinajstić information content (AvgIpc) is 3.07. The predicted molar refractivity (Wildman–Crippen MR) is 108 cm³/mol. The van der Waals surface area contributed by atoms with Gasteiger partial charge in [0.05, 0.1) is 6.61 Å². The van der Waals surface area contributed by atoms with Crippen LogP contribution in [0.4, 0.5) is 0 Å². The topological polar surface area (TPSA) is 12.5 Å². The minimum absolute atomic E-state index is 0.345. The number of fused-ring (bicyclic) bond motifs is 1. The Morgan fingerprint density at radius 3 is 2.88 bits per heavy atom. The molecule has 1 saturated heterocycles. The van der Waals surface area contributed by atoms with Crippen LogP contribution >= 0.6 is 11.6 Å². The summed E-state index contributed by atoms with van der Waals surface area (Å²) in [6, 6.07) is 17.2. The highest BCUT2D eigenvalue weighted by atomic mass is 35.5. The second kappa shape index (κ2) is 7.62. The van der Waals surface area contributed by atoms with E-state index < -0.39 is 0 Å². The lowest BCUT2D eigenvalue weighted by atomic mass is 9.67. The van der Waals surface area contributed by atoms with Crippen LogP contribution in [0, 0.1) is 5.92 Å². The molecule has 2 atom stereocenters. The Kier molecular flexibility index (Phi) is 5.24. The minimum atomic E-state index is 0.345. The van der Waals surface area contributed by atoms with E-state index in [2.05, 4.69) is 54.3 Å². The van der Waals surface area contributed by atoms with Crippen LogP contribution in [-0.4, -0.2) is 24.6 Å². The molecule has 0 spiro atoms. The lowest BCUT2D eigenvalue weighted by Gasteiger charge is -2.45. The van der Waals surface area contributed by atoms with Gasteiger partial charge in [0.15, 0.2) is 0 Å². The number of piperidine rings is 1. The van der Waals surface area contributed by atoms with Crippen molar-refractivity contribution in [2.45, 2.75) is 44.6 Å². The first kappa shape index (κ1) is 17.9. The van der Waals surface area contributed by atoms with Gasteiger partial charge in [0.2, 0.25) is 0 Å². The molecule has 2 aromatic carbocycles. The lowest BCUT2D eigenvalue weighted by Crippen LogP contribution is -2.46. The molecule has 2 aliphatic rings. The van der Waals surface area contributed by atoms with Crippen molar-refractivity contribution in [3.05, 3.63) is 64.7 Å². The first-order chi connectivity index (χ1) is 12.7. The van der Waals surface area contributed by atoms with E-state index in [1.165, 1.54) is 43.4 Å². The quantitative estimate of drug-likeness (QED) is 0.672. The summed E-state index contributed by atoms with van der Waals surface area (Å²) in [4.78, 5) is 2.62. The number of nitrogens with zero attached hydrogens (tertiary/aromatic N) is 1. The molecule has 1 aliphatic carbocycles. The summed E-state index contributed by atoms with van der Waals surface area (Å²) < 4.78 is 5.77. The summed E-state index contributed by atoms with van der Waals surface area (Å²) in [5.74, 6) is 1.76. The smallest absolute Gasteiger partial charge is 0.119 e. The molecule has 1 heterocycles. The minimum Gasteiger partial charge on any atom is -0.494 e. The van der Waals surface area contributed by atoms with Gasteiger partial charge in [-0.3, -0.25) is 4.90 Å². The summed E-state index contributed by atoms with van der Waals surface area (Å²) in [7, 11) is 0. The van der Waals surface area contributed by atoms with Crippen LogP contribution in [0.25, 0.3) is 0 Å². The maximum absolute atomic E-state index is 6.16. The number of likely N-dealkylation sites (tertiary alicyclic amines) is 1. The molecule has 2 fully saturated rings. The third kappa shape index (κ3) is 3.50. The molecule has 0 amide bonds. The number of hydrogen-bond donors (Lipinski definition) is 0. The van der Waals surface area contributed by atoms with Gasteiger partial charge in [0.25, 0.3) is 0 Å². The molecule has 2 unspecified atom stereocenters. The van der Waals surface area contributed by atoms with Crippen LogP contribution in [0.15, 0.2) is 48.5 Å². The number of ether oxygens (including phenoxy) is 1. The van der Waals surface area contributed by atoms with Crippen molar-refractivity contribution in [1.82, 2.24) is 4.90 Å². The van der Waals surface area contributed by atoms with Gasteiger partial charge in [-0.25, -0.2) is 0 Å². The molecule has 1 saturated carbocycles. The Labute approximate surface area is 162 Å².